The van der Waals surface area contributed by atoms with E-state index in [1.807, 2.05) is 6.92 Å². The van der Waals surface area contributed by atoms with Crippen LogP contribution in [0.1, 0.15) is 25.3 Å². The second kappa shape index (κ2) is 7.89. The fourth-order valence-electron chi connectivity index (χ4n) is 2.78. The molecule has 0 amide bonds. The summed E-state index contributed by atoms with van der Waals surface area (Å²) in [5.41, 5.74) is 1.19. The van der Waals surface area contributed by atoms with Crippen molar-refractivity contribution < 1.29 is 14.5 Å². The molecular weight excluding hydrogens is 284 g/mol. The first kappa shape index (κ1) is 16.4. The maximum atomic E-state index is 11.8. The van der Waals surface area contributed by atoms with Gasteiger partial charge in [0.15, 0.2) is 0 Å². The lowest BCUT2D eigenvalue weighted by Crippen LogP contribution is -2.40. The number of likely N-dealkylation sites (tertiary alicyclic amines) is 1. The zero-order valence-electron chi connectivity index (χ0n) is 12.9. The number of carbonyl (C=O) groups is 1. The molecule has 1 aromatic carbocycles. The molecule has 22 heavy (non-hydrogen) atoms. The average molecular weight is 306 g/mol. The van der Waals surface area contributed by atoms with Crippen LogP contribution in [-0.4, -0.2) is 42.0 Å². The van der Waals surface area contributed by atoms with Gasteiger partial charge in [0.05, 0.1) is 17.4 Å². The van der Waals surface area contributed by atoms with Crippen molar-refractivity contribution in [1.29, 1.82) is 0 Å². The molecule has 0 aliphatic carbocycles. The van der Waals surface area contributed by atoms with Gasteiger partial charge in [0.1, 0.15) is 0 Å². The van der Waals surface area contributed by atoms with Gasteiger partial charge in [0, 0.05) is 25.2 Å². The number of nitro groups is 1. The molecule has 0 saturated carbocycles. The lowest BCUT2D eigenvalue weighted by atomic mass is 9.98. The van der Waals surface area contributed by atoms with Crippen molar-refractivity contribution >= 4 is 11.7 Å². The topological polar surface area (TPSA) is 72.7 Å². The Bertz CT molecular complexity index is 515. The van der Waals surface area contributed by atoms with Crippen LogP contribution in [0.15, 0.2) is 24.3 Å². The van der Waals surface area contributed by atoms with Crippen LogP contribution in [0.5, 0.6) is 0 Å². The van der Waals surface area contributed by atoms with Gasteiger partial charge in [-0.15, -0.1) is 0 Å². The number of non-ortho nitro benzene ring substituents is 1. The zero-order chi connectivity index (χ0) is 15.9. The summed E-state index contributed by atoms with van der Waals surface area (Å²) in [6.45, 7) is 4.84. The first-order valence-corrected chi connectivity index (χ1v) is 7.72. The highest BCUT2D eigenvalue weighted by atomic mass is 16.6. The normalized spacial score (nSPS) is 18.9. The molecule has 1 fully saturated rings. The van der Waals surface area contributed by atoms with Gasteiger partial charge in [0.2, 0.25) is 0 Å². The quantitative estimate of drug-likeness (QED) is 0.458. The zero-order valence-corrected chi connectivity index (χ0v) is 12.9. The SMILES string of the molecule is CCOC(=O)C1CCCN(CCc2ccc([N+](=O)[O-])cc2)C1. The molecule has 0 radical (unpaired) electrons. The van der Waals surface area contributed by atoms with Gasteiger partial charge in [-0.05, 0) is 38.3 Å². The Morgan fingerprint density at radius 3 is 2.77 bits per heavy atom. The minimum Gasteiger partial charge on any atom is -0.466 e. The highest BCUT2D eigenvalue weighted by molar-refractivity contribution is 5.72. The molecular formula is C16H22N2O4. The molecule has 2 rings (SSSR count). The molecule has 1 saturated heterocycles. The summed E-state index contributed by atoms with van der Waals surface area (Å²) in [4.78, 5) is 24.3. The third-order valence-electron chi connectivity index (χ3n) is 3.99. The van der Waals surface area contributed by atoms with Crippen molar-refractivity contribution in [1.82, 2.24) is 4.90 Å². The van der Waals surface area contributed by atoms with E-state index in [1.54, 1.807) is 12.1 Å². The fraction of sp³-hybridized carbons (Fsp3) is 0.562. The highest BCUT2D eigenvalue weighted by Crippen LogP contribution is 2.19. The van der Waals surface area contributed by atoms with E-state index in [4.69, 9.17) is 4.74 Å². The minimum atomic E-state index is -0.391. The molecule has 0 bridgehead atoms. The molecule has 120 valence electrons. The molecule has 1 aromatic rings. The van der Waals surface area contributed by atoms with E-state index in [-0.39, 0.29) is 17.6 Å². The summed E-state index contributed by atoms with van der Waals surface area (Å²) in [5, 5.41) is 10.6. The first-order chi connectivity index (χ1) is 10.6. The number of benzene rings is 1. The number of ether oxygens (including phenoxy) is 1. The van der Waals surface area contributed by atoms with Crippen LogP contribution >= 0.6 is 0 Å². The van der Waals surface area contributed by atoms with Crippen molar-refractivity contribution in [3.05, 3.63) is 39.9 Å². The number of piperidine rings is 1. The number of nitro benzene ring substituents is 1. The standard InChI is InChI=1S/C16H22N2O4/c1-2-22-16(19)14-4-3-10-17(12-14)11-9-13-5-7-15(8-6-13)18(20)21/h5-8,14H,2-4,9-12H2,1H3. The average Bonchev–Trinajstić information content (AvgIpc) is 2.54. The Morgan fingerprint density at radius 1 is 1.41 bits per heavy atom. The molecule has 1 unspecified atom stereocenters. The molecule has 0 spiro atoms. The summed E-state index contributed by atoms with van der Waals surface area (Å²) in [5.74, 6) is -0.118. The van der Waals surface area contributed by atoms with Gasteiger partial charge in [-0.2, -0.15) is 0 Å². The van der Waals surface area contributed by atoms with Gasteiger partial charge in [-0.3, -0.25) is 14.9 Å². The minimum absolute atomic E-state index is 0.0226. The number of carbonyl (C=O) groups excluding carboxylic acids is 1. The summed E-state index contributed by atoms with van der Waals surface area (Å²) in [6.07, 6.45) is 2.73. The van der Waals surface area contributed by atoms with Crippen LogP contribution in [0.25, 0.3) is 0 Å². The largest absolute Gasteiger partial charge is 0.466 e. The van der Waals surface area contributed by atoms with E-state index in [1.165, 1.54) is 12.1 Å². The summed E-state index contributed by atoms with van der Waals surface area (Å²) in [7, 11) is 0. The third kappa shape index (κ3) is 4.53. The van der Waals surface area contributed by atoms with Gasteiger partial charge in [-0.1, -0.05) is 12.1 Å². The van der Waals surface area contributed by atoms with Crippen LogP contribution in [0.3, 0.4) is 0 Å². The van der Waals surface area contributed by atoms with E-state index in [0.29, 0.717) is 6.61 Å². The van der Waals surface area contributed by atoms with E-state index in [0.717, 1.165) is 44.5 Å². The number of rotatable bonds is 6. The maximum Gasteiger partial charge on any atom is 0.310 e. The number of hydrogen-bond donors (Lipinski definition) is 0. The Balaban J connectivity index is 1.83. The van der Waals surface area contributed by atoms with Gasteiger partial charge >= 0.3 is 5.97 Å². The molecule has 0 aromatic heterocycles. The van der Waals surface area contributed by atoms with Gasteiger partial charge in [-0.25, -0.2) is 0 Å². The van der Waals surface area contributed by atoms with Crippen molar-refractivity contribution in [3.63, 3.8) is 0 Å². The van der Waals surface area contributed by atoms with Crippen LogP contribution in [0.4, 0.5) is 5.69 Å². The summed E-state index contributed by atoms with van der Waals surface area (Å²) < 4.78 is 5.10. The monoisotopic (exact) mass is 306 g/mol. The van der Waals surface area contributed by atoms with Crippen LogP contribution in [0.2, 0.25) is 0 Å². The van der Waals surface area contributed by atoms with Crippen LogP contribution in [-0.2, 0) is 16.0 Å². The molecule has 1 aliphatic heterocycles. The van der Waals surface area contributed by atoms with Crippen LogP contribution < -0.4 is 0 Å². The molecule has 1 aliphatic rings. The van der Waals surface area contributed by atoms with Crippen molar-refractivity contribution in [2.75, 3.05) is 26.2 Å². The van der Waals surface area contributed by atoms with Crippen molar-refractivity contribution in [2.24, 2.45) is 5.92 Å². The van der Waals surface area contributed by atoms with E-state index in [9.17, 15) is 14.9 Å². The predicted octanol–water partition coefficient (Wildman–Crippen LogP) is 2.41. The maximum absolute atomic E-state index is 11.8. The lowest BCUT2D eigenvalue weighted by molar-refractivity contribution is -0.384. The van der Waals surface area contributed by atoms with Gasteiger partial charge in [0.25, 0.3) is 5.69 Å². The fourth-order valence-corrected chi connectivity index (χ4v) is 2.78. The number of esters is 1. The lowest BCUT2D eigenvalue weighted by Gasteiger charge is -2.31. The second-order valence-corrected chi connectivity index (χ2v) is 5.57. The van der Waals surface area contributed by atoms with E-state index < -0.39 is 4.92 Å². The summed E-state index contributed by atoms with van der Waals surface area (Å²) >= 11 is 0. The van der Waals surface area contributed by atoms with E-state index in [2.05, 4.69) is 4.90 Å². The molecule has 1 heterocycles. The summed E-state index contributed by atoms with van der Waals surface area (Å²) in [6, 6.07) is 6.66. The number of hydrogen-bond acceptors (Lipinski definition) is 5. The Morgan fingerprint density at radius 2 is 2.14 bits per heavy atom. The van der Waals surface area contributed by atoms with E-state index >= 15 is 0 Å². The molecule has 1 atom stereocenters. The molecule has 0 N–H and O–H groups in total. The van der Waals surface area contributed by atoms with Crippen molar-refractivity contribution in [3.8, 4) is 0 Å². The molecule has 6 nitrogen and oxygen atoms in total. The first-order valence-electron chi connectivity index (χ1n) is 7.72. The Hall–Kier alpha value is -1.95. The highest BCUT2D eigenvalue weighted by Gasteiger charge is 2.26. The number of nitrogens with zero attached hydrogens (tertiary/aromatic N) is 2. The van der Waals surface area contributed by atoms with Gasteiger partial charge < -0.3 is 9.64 Å². The van der Waals surface area contributed by atoms with Crippen molar-refractivity contribution in [2.45, 2.75) is 26.2 Å². The predicted molar refractivity (Wildman–Crippen MR) is 82.6 cm³/mol. The molecule has 6 heteroatoms. The smallest absolute Gasteiger partial charge is 0.310 e. The third-order valence-corrected chi connectivity index (χ3v) is 3.99. The Labute approximate surface area is 130 Å². The Kier molecular flexibility index (Phi) is 5.89. The second-order valence-electron chi connectivity index (χ2n) is 5.57. The van der Waals surface area contributed by atoms with Crippen LogP contribution in [0, 0.1) is 16.0 Å².